The van der Waals surface area contributed by atoms with E-state index in [0.717, 1.165) is 23.5 Å². The second kappa shape index (κ2) is 7.38. The number of hydrogen-bond acceptors (Lipinski definition) is 3. The number of fused-ring (bicyclic) bond motifs is 1. The molecule has 0 aliphatic carbocycles. The smallest absolute Gasteiger partial charge is 0.244 e. The lowest BCUT2D eigenvalue weighted by atomic mass is 10.2. The van der Waals surface area contributed by atoms with Crippen molar-refractivity contribution in [2.24, 2.45) is 0 Å². The van der Waals surface area contributed by atoms with Crippen LogP contribution in [0.5, 0.6) is 11.5 Å². The third kappa shape index (κ3) is 4.16. The fraction of sp³-hybridized carbons (Fsp3) is 0.312. The molecule has 1 aliphatic rings. The number of carbonyl (C=O) groups excluding carboxylic acids is 1. The molecular formula is C16H19NO3. The lowest BCUT2D eigenvalue weighted by Gasteiger charge is -2.09. The standard InChI is InChI=1S/C16H19NO3/c1-2-3-4-6-16(18)17-12-13-7-8-14-15(11-13)20-10-5-9-19-14/h2-4,6-8,11H,5,9-10,12H2,1H3,(H,17,18). The van der Waals surface area contributed by atoms with E-state index in [1.54, 1.807) is 6.08 Å². The molecule has 0 saturated heterocycles. The van der Waals surface area contributed by atoms with Crippen molar-refractivity contribution in [2.75, 3.05) is 13.2 Å². The van der Waals surface area contributed by atoms with Gasteiger partial charge in [-0.25, -0.2) is 0 Å². The van der Waals surface area contributed by atoms with Gasteiger partial charge >= 0.3 is 0 Å². The van der Waals surface area contributed by atoms with Crippen molar-refractivity contribution >= 4 is 5.91 Å². The van der Waals surface area contributed by atoms with Crippen LogP contribution in [0.4, 0.5) is 0 Å². The van der Waals surface area contributed by atoms with Gasteiger partial charge in [0.15, 0.2) is 11.5 Å². The molecule has 0 spiro atoms. The molecule has 0 bridgehead atoms. The Morgan fingerprint density at radius 3 is 2.85 bits per heavy atom. The summed E-state index contributed by atoms with van der Waals surface area (Å²) < 4.78 is 11.2. The first kappa shape index (κ1) is 14.2. The zero-order chi connectivity index (χ0) is 14.2. The quantitative estimate of drug-likeness (QED) is 0.677. The van der Waals surface area contributed by atoms with Crippen molar-refractivity contribution in [3.63, 3.8) is 0 Å². The zero-order valence-corrected chi connectivity index (χ0v) is 11.6. The predicted octanol–water partition coefficient (Wildman–Crippen LogP) is 2.60. The van der Waals surface area contributed by atoms with E-state index in [4.69, 9.17) is 9.47 Å². The number of benzene rings is 1. The van der Waals surface area contributed by atoms with E-state index < -0.39 is 0 Å². The number of hydrogen-bond donors (Lipinski definition) is 1. The highest BCUT2D eigenvalue weighted by atomic mass is 16.5. The Kier molecular flexibility index (Phi) is 5.24. The van der Waals surface area contributed by atoms with Crippen LogP contribution in [0.2, 0.25) is 0 Å². The molecule has 0 atom stereocenters. The maximum Gasteiger partial charge on any atom is 0.244 e. The van der Waals surface area contributed by atoms with E-state index >= 15 is 0 Å². The minimum atomic E-state index is -0.116. The third-order valence-electron chi connectivity index (χ3n) is 2.83. The van der Waals surface area contributed by atoms with Gasteiger partial charge in [-0.1, -0.05) is 24.3 Å². The summed E-state index contributed by atoms with van der Waals surface area (Å²) >= 11 is 0. The first-order valence-electron chi connectivity index (χ1n) is 6.75. The summed E-state index contributed by atoms with van der Waals surface area (Å²) in [5.74, 6) is 1.40. The highest BCUT2D eigenvalue weighted by molar-refractivity contribution is 5.87. The monoisotopic (exact) mass is 273 g/mol. The first-order chi connectivity index (χ1) is 9.79. The summed E-state index contributed by atoms with van der Waals surface area (Å²) in [6, 6.07) is 5.73. The van der Waals surface area contributed by atoms with Crippen molar-refractivity contribution in [1.82, 2.24) is 5.32 Å². The van der Waals surface area contributed by atoms with Crippen molar-refractivity contribution < 1.29 is 14.3 Å². The van der Waals surface area contributed by atoms with E-state index in [9.17, 15) is 4.79 Å². The molecule has 1 heterocycles. The second-order valence-corrected chi connectivity index (χ2v) is 4.43. The van der Waals surface area contributed by atoms with E-state index in [-0.39, 0.29) is 5.91 Å². The van der Waals surface area contributed by atoms with Crippen LogP contribution in [-0.4, -0.2) is 19.1 Å². The lowest BCUT2D eigenvalue weighted by Crippen LogP contribution is -2.20. The Morgan fingerprint density at radius 1 is 1.25 bits per heavy atom. The molecule has 20 heavy (non-hydrogen) atoms. The van der Waals surface area contributed by atoms with Gasteiger partial charge in [-0.2, -0.15) is 0 Å². The molecular weight excluding hydrogens is 254 g/mol. The molecule has 1 aromatic carbocycles. The van der Waals surface area contributed by atoms with E-state index in [2.05, 4.69) is 5.32 Å². The van der Waals surface area contributed by atoms with Gasteiger partial charge in [0.25, 0.3) is 0 Å². The molecule has 106 valence electrons. The molecule has 0 aromatic heterocycles. The third-order valence-corrected chi connectivity index (χ3v) is 2.83. The summed E-state index contributed by atoms with van der Waals surface area (Å²) in [6.07, 6.45) is 7.78. The predicted molar refractivity (Wildman–Crippen MR) is 77.8 cm³/mol. The number of ether oxygens (including phenoxy) is 2. The number of amides is 1. The minimum Gasteiger partial charge on any atom is -0.490 e. The maximum atomic E-state index is 11.5. The number of carbonyl (C=O) groups is 1. The summed E-state index contributed by atoms with van der Waals surface area (Å²) in [5, 5.41) is 2.82. The van der Waals surface area contributed by atoms with Crippen LogP contribution < -0.4 is 14.8 Å². The normalized spacial score (nSPS) is 14.4. The van der Waals surface area contributed by atoms with Gasteiger partial charge in [0.05, 0.1) is 13.2 Å². The van der Waals surface area contributed by atoms with Gasteiger partial charge in [0.2, 0.25) is 5.91 Å². The van der Waals surface area contributed by atoms with Gasteiger partial charge in [0.1, 0.15) is 0 Å². The number of allylic oxidation sites excluding steroid dienone is 3. The van der Waals surface area contributed by atoms with Gasteiger partial charge in [-0.05, 0) is 24.6 Å². The van der Waals surface area contributed by atoms with E-state index in [0.29, 0.717) is 19.8 Å². The Hall–Kier alpha value is -2.23. The molecule has 0 fully saturated rings. The molecule has 2 rings (SSSR count). The molecule has 1 amide bonds. The highest BCUT2D eigenvalue weighted by Gasteiger charge is 2.10. The van der Waals surface area contributed by atoms with Crippen LogP contribution in [-0.2, 0) is 11.3 Å². The summed E-state index contributed by atoms with van der Waals surface area (Å²) in [4.78, 5) is 11.5. The van der Waals surface area contributed by atoms with Crippen LogP contribution in [0.3, 0.4) is 0 Å². The van der Waals surface area contributed by atoms with Crippen LogP contribution in [0.15, 0.2) is 42.5 Å². The van der Waals surface area contributed by atoms with Crippen LogP contribution >= 0.6 is 0 Å². The Balaban J connectivity index is 1.93. The molecule has 0 saturated carbocycles. The van der Waals surface area contributed by atoms with Crippen molar-refractivity contribution in [1.29, 1.82) is 0 Å². The average molecular weight is 273 g/mol. The molecule has 4 nitrogen and oxygen atoms in total. The highest BCUT2D eigenvalue weighted by Crippen LogP contribution is 2.30. The number of rotatable bonds is 4. The van der Waals surface area contributed by atoms with Crippen molar-refractivity contribution in [2.45, 2.75) is 19.9 Å². The van der Waals surface area contributed by atoms with Crippen LogP contribution in [0.25, 0.3) is 0 Å². The topological polar surface area (TPSA) is 47.6 Å². The molecule has 0 radical (unpaired) electrons. The van der Waals surface area contributed by atoms with Crippen LogP contribution in [0, 0.1) is 0 Å². The molecule has 1 N–H and O–H groups in total. The fourth-order valence-corrected chi connectivity index (χ4v) is 1.82. The maximum absolute atomic E-state index is 11.5. The van der Waals surface area contributed by atoms with Crippen molar-refractivity contribution in [3.8, 4) is 11.5 Å². The van der Waals surface area contributed by atoms with E-state index in [1.165, 1.54) is 6.08 Å². The van der Waals surface area contributed by atoms with E-state index in [1.807, 2.05) is 37.3 Å². The fourth-order valence-electron chi connectivity index (χ4n) is 1.82. The Morgan fingerprint density at radius 2 is 2.05 bits per heavy atom. The largest absolute Gasteiger partial charge is 0.490 e. The van der Waals surface area contributed by atoms with Gasteiger partial charge < -0.3 is 14.8 Å². The summed E-state index contributed by atoms with van der Waals surface area (Å²) in [7, 11) is 0. The molecule has 1 aliphatic heterocycles. The number of nitrogens with one attached hydrogen (secondary N) is 1. The average Bonchev–Trinajstić information content (AvgIpc) is 2.70. The summed E-state index contributed by atoms with van der Waals surface area (Å²) in [6.45, 7) is 3.71. The molecule has 1 aromatic rings. The molecule has 0 unspecified atom stereocenters. The molecule has 4 heteroatoms. The first-order valence-corrected chi connectivity index (χ1v) is 6.75. The van der Waals surface area contributed by atoms with Gasteiger partial charge in [0, 0.05) is 19.0 Å². The Bertz CT molecular complexity index is 520. The summed E-state index contributed by atoms with van der Waals surface area (Å²) in [5.41, 5.74) is 0.988. The van der Waals surface area contributed by atoms with Crippen molar-refractivity contribution in [3.05, 3.63) is 48.1 Å². The van der Waals surface area contributed by atoms with Crippen LogP contribution in [0.1, 0.15) is 18.9 Å². The minimum absolute atomic E-state index is 0.116. The lowest BCUT2D eigenvalue weighted by molar-refractivity contribution is -0.116. The zero-order valence-electron chi connectivity index (χ0n) is 11.6. The SMILES string of the molecule is CC=CC=CC(=O)NCc1ccc2c(c1)OCCCO2. The Labute approximate surface area is 119 Å². The van der Waals surface area contributed by atoms with Gasteiger partial charge in [-0.15, -0.1) is 0 Å². The van der Waals surface area contributed by atoms with Gasteiger partial charge in [-0.3, -0.25) is 4.79 Å². The second-order valence-electron chi connectivity index (χ2n) is 4.43.